The number of hydrogen-bond acceptors (Lipinski definition) is 12. The lowest BCUT2D eigenvalue weighted by atomic mass is 9.96. The van der Waals surface area contributed by atoms with Crippen LogP contribution in [0.15, 0.2) is 30.3 Å². The van der Waals surface area contributed by atoms with E-state index in [9.17, 15) is 53.1 Å². The fourth-order valence-corrected chi connectivity index (χ4v) is 10.6. The molecule has 472 valence electrons. The number of aliphatic hydroxyl groups is 1. The minimum Gasteiger partial charge on any atom is -0.391 e. The summed E-state index contributed by atoms with van der Waals surface area (Å²) < 4.78 is 0. The standard InChI is InChI=1S/C61H101N11O12/c1-37(2)30-45-55(78)63-44(57(80)72-27-22-19-23-28-72)35-51(75)65(11)29-26-50(74)67(13)49(34-43-24-20-18-21-25-43)60(83)70(16)46(31-38(3)4)56(79)64-53(42(10)73)61(84)66(12)41(9)54(77)62-36-52(76)68(14)47(32-39(5)6)58(81)71(17)48(33-40(7)8)59(82)69(45)15/h18,20-21,24-25,37-42,44-49,53,73H,19,22-23,26-36H2,1-17H3,(H,62,77)(H,63,78)(H,64,79)/t41-,42+,44-,45-,46-,47-,48-,49-,53-/m0/s1. The molecule has 0 radical (unpaired) electrons. The van der Waals surface area contributed by atoms with Gasteiger partial charge in [-0.2, -0.15) is 0 Å². The van der Waals surface area contributed by atoms with E-state index in [-0.39, 0.29) is 68.7 Å². The summed E-state index contributed by atoms with van der Waals surface area (Å²) in [5.41, 5.74) is 0.701. The Morgan fingerprint density at radius 3 is 1.44 bits per heavy atom. The third-order valence-electron chi connectivity index (χ3n) is 16.2. The van der Waals surface area contributed by atoms with Crippen LogP contribution in [0.25, 0.3) is 0 Å². The molecule has 2 aliphatic rings. The van der Waals surface area contributed by atoms with Crippen molar-refractivity contribution in [1.82, 2.24) is 55.1 Å². The molecule has 84 heavy (non-hydrogen) atoms. The average molecular weight is 1180 g/mol. The highest BCUT2D eigenvalue weighted by atomic mass is 16.3. The molecule has 1 aromatic carbocycles. The normalized spacial score (nSPS) is 25.6. The number of nitrogens with zero attached hydrogens (tertiary/aromatic N) is 8. The van der Waals surface area contributed by atoms with Crippen LogP contribution in [-0.2, 0) is 59.2 Å². The van der Waals surface area contributed by atoms with Crippen LogP contribution in [0.5, 0.6) is 0 Å². The largest absolute Gasteiger partial charge is 0.391 e. The fourth-order valence-electron chi connectivity index (χ4n) is 10.6. The van der Waals surface area contributed by atoms with Gasteiger partial charge in [-0.1, -0.05) is 85.7 Å². The van der Waals surface area contributed by atoms with Gasteiger partial charge >= 0.3 is 0 Å². The number of aliphatic hydroxyl groups excluding tert-OH is 1. The number of rotatable bonds is 12. The second-order valence-corrected chi connectivity index (χ2v) is 24.9. The Hall–Kier alpha value is -6.65. The highest BCUT2D eigenvalue weighted by Crippen LogP contribution is 2.24. The topological polar surface area (TPSA) is 270 Å². The number of piperidine rings is 1. The zero-order valence-corrected chi connectivity index (χ0v) is 53.3. The molecular weight excluding hydrogens is 1080 g/mol. The molecule has 3 rings (SSSR count). The zero-order chi connectivity index (χ0) is 63.6. The number of nitrogens with one attached hydrogen (secondary N) is 3. The molecule has 0 saturated carbocycles. The van der Waals surface area contributed by atoms with Crippen LogP contribution in [-0.4, -0.2) is 239 Å². The van der Waals surface area contributed by atoms with Crippen molar-refractivity contribution in [1.29, 1.82) is 0 Å². The molecule has 23 nitrogen and oxygen atoms in total. The van der Waals surface area contributed by atoms with Crippen LogP contribution in [0.4, 0.5) is 0 Å². The van der Waals surface area contributed by atoms with Crippen molar-refractivity contribution in [3.8, 4) is 0 Å². The summed E-state index contributed by atoms with van der Waals surface area (Å²) >= 11 is 0. The van der Waals surface area contributed by atoms with Gasteiger partial charge in [-0.3, -0.25) is 52.7 Å². The summed E-state index contributed by atoms with van der Waals surface area (Å²) in [7, 11) is 10.0. The van der Waals surface area contributed by atoms with Gasteiger partial charge in [0.2, 0.25) is 65.0 Å². The monoisotopic (exact) mass is 1180 g/mol. The van der Waals surface area contributed by atoms with E-state index < -0.39 is 132 Å². The fraction of sp³-hybridized carbons (Fsp3) is 0.721. The Bertz CT molecular complexity index is 2430. The lowest BCUT2D eigenvalue weighted by Crippen LogP contribution is -2.61. The van der Waals surface area contributed by atoms with Crippen LogP contribution in [0.1, 0.15) is 133 Å². The molecule has 11 amide bonds. The summed E-state index contributed by atoms with van der Waals surface area (Å²) in [6, 6.07) is -1.09. The van der Waals surface area contributed by atoms with Gasteiger partial charge in [-0.05, 0) is 88.0 Å². The van der Waals surface area contributed by atoms with Gasteiger partial charge < -0.3 is 60.3 Å². The predicted molar refractivity (Wildman–Crippen MR) is 319 cm³/mol. The van der Waals surface area contributed by atoms with Crippen molar-refractivity contribution in [2.24, 2.45) is 23.7 Å². The number of hydrogen-bond donors (Lipinski definition) is 4. The lowest BCUT2D eigenvalue weighted by Gasteiger charge is -2.39. The molecular formula is C61H101N11O12. The molecule has 2 saturated heterocycles. The molecule has 0 spiro atoms. The van der Waals surface area contributed by atoms with Gasteiger partial charge in [0.15, 0.2) is 0 Å². The van der Waals surface area contributed by atoms with Crippen LogP contribution < -0.4 is 16.0 Å². The van der Waals surface area contributed by atoms with Crippen molar-refractivity contribution in [3.05, 3.63) is 35.9 Å². The van der Waals surface area contributed by atoms with Gasteiger partial charge in [0.05, 0.1) is 19.1 Å². The molecule has 23 heteroatoms. The van der Waals surface area contributed by atoms with Gasteiger partial charge in [0.25, 0.3) is 0 Å². The second kappa shape index (κ2) is 33.2. The first-order chi connectivity index (χ1) is 39.2. The van der Waals surface area contributed by atoms with Crippen LogP contribution in [0.2, 0.25) is 0 Å². The second-order valence-electron chi connectivity index (χ2n) is 24.9. The van der Waals surface area contributed by atoms with E-state index in [1.807, 2.05) is 55.4 Å². The highest BCUT2D eigenvalue weighted by Gasteiger charge is 2.43. The molecule has 0 unspecified atom stereocenters. The average Bonchev–Trinajstić information content (AvgIpc) is 3.28. The third-order valence-corrected chi connectivity index (χ3v) is 16.2. The maximum Gasteiger partial charge on any atom is 0.248 e. The molecule has 2 aliphatic heterocycles. The van der Waals surface area contributed by atoms with E-state index in [2.05, 4.69) is 16.0 Å². The summed E-state index contributed by atoms with van der Waals surface area (Å²) in [5.74, 6) is -7.69. The van der Waals surface area contributed by atoms with Crippen molar-refractivity contribution in [3.63, 3.8) is 0 Å². The zero-order valence-electron chi connectivity index (χ0n) is 53.3. The van der Waals surface area contributed by atoms with E-state index in [0.717, 1.165) is 24.2 Å². The first-order valence-electron chi connectivity index (χ1n) is 29.9. The quantitative estimate of drug-likeness (QED) is 0.235. The first kappa shape index (κ1) is 71.6. The predicted octanol–water partition coefficient (Wildman–Crippen LogP) is 2.13. The molecule has 4 N–H and O–H groups in total. The van der Waals surface area contributed by atoms with E-state index in [1.165, 1.54) is 92.6 Å². The smallest absolute Gasteiger partial charge is 0.248 e. The molecule has 1 aromatic rings. The Labute approximate surface area is 499 Å². The van der Waals surface area contributed by atoms with Gasteiger partial charge in [0.1, 0.15) is 48.3 Å². The van der Waals surface area contributed by atoms with Crippen LogP contribution in [0, 0.1) is 23.7 Å². The minimum atomic E-state index is -1.61. The Morgan fingerprint density at radius 2 is 0.952 bits per heavy atom. The van der Waals surface area contributed by atoms with E-state index in [4.69, 9.17) is 0 Å². The first-order valence-corrected chi connectivity index (χ1v) is 29.9. The molecule has 0 aromatic heterocycles. The van der Waals surface area contributed by atoms with E-state index in [0.29, 0.717) is 18.7 Å². The number of benzene rings is 1. The maximum absolute atomic E-state index is 15.0. The molecule has 0 aliphatic carbocycles. The van der Waals surface area contributed by atoms with Crippen LogP contribution >= 0.6 is 0 Å². The Balaban J connectivity index is 2.23. The lowest BCUT2D eigenvalue weighted by molar-refractivity contribution is -0.153. The SMILES string of the molecule is CC(C)C[C@H]1C(=O)N(C)[C@@H](CC(C)C)C(=O)N(C)[C@@H](CC(C)C)C(=O)N[C@H](C(=O)N2CCCCC2)CC(=O)N(C)CCC(=O)N(C)[C@@H](Cc2ccccc2)C(=O)N(C)[C@@H](CC(C)C)C(=O)N[C@@H]([C@@H](C)O)C(=O)N(C)[C@@H](C)C(=O)NCC(=O)N1C. The van der Waals surface area contributed by atoms with Crippen molar-refractivity contribution in [2.45, 2.75) is 188 Å². The summed E-state index contributed by atoms with van der Waals surface area (Å²) in [4.78, 5) is 169. The third kappa shape index (κ3) is 20.3. The van der Waals surface area contributed by atoms with E-state index >= 15 is 4.79 Å². The van der Waals surface area contributed by atoms with Gasteiger partial charge in [-0.15, -0.1) is 0 Å². The maximum atomic E-state index is 15.0. The van der Waals surface area contributed by atoms with Crippen molar-refractivity contribution in [2.75, 3.05) is 75.5 Å². The highest BCUT2D eigenvalue weighted by molar-refractivity contribution is 5.99. The summed E-state index contributed by atoms with van der Waals surface area (Å²) in [6.45, 7) is 17.7. The molecule has 2 heterocycles. The molecule has 9 atom stereocenters. The Kier molecular flexibility index (Phi) is 28.3. The van der Waals surface area contributed by atoms with Crippen molar-refractivity contribution >= 4 is 65.0 Å². The molecule has 0 bridgehead atoms. The van der Waals surface area contributed by atoms with Crippen LogP contribution in [0.3, 0.4) is 0 Å². The number of likely N-dealkylation sites (tertiary alicyclic amines) is 1. The Morgan fingerprint density at radius 1 is 0.512 bits per heavy atom. The van der Waals surface area contributed by atoms with Crippen molar-refractivity contribution < 1.29 is 57.8 Å². The van der Waals surface area contributed by atoms with Gasteiger partial charge in [0, 0.05) is 81.8 Å². The number of carbonyl (C=O) groups excluding carboxylic acids is 11. The summed E-state index contributed by atoms with van der Waals surface area (Å²) in [5, 5.41) is 19.1. The van der Waals surface area contributed by atoms with E-state index in [1.54, 1.807) is 35.2 Å². The number of likely N-dealkylation sites (N-methyl/N-ethyl adjacent to an activating group) is 6. The number of carbonyl (C=O) groups is 11. The summed E-state index contributed by atoms with van der Waals surface area (Å²) in [6.07, 6.45) is 0.714. The van der Waals surface area contributed by atoms with Gasteiger partial charge in [-0.25, -0.2) is 0 Å². The molecule has 2 fully saturated rings. The number of amides is 11. The minimum absolute atomic E-state index is 0.0305.